The second kappa shape index (κ2) is 4.21. The van der Waals surface area contributed by atoms with Crippen molar-refractivity contribution in [1.29, 1.82) is 0 Å². The lowest BCUT2D eigenvalue weighted by Gasteiger charge is -2.19. The van der Waals surface area contributed by atoms with E-state index in [4.69, 9.17) is 17.3 Å². The van der Waals surface area contributed by atoms with Gasteiger partial charge in [-0.2, -0.15) is 0 Å². The van der Waals surface area contributed by atoms with Crippen LogP contribution in [-0.4, -0.2) is 10.6 Å². The maximum atomic E-state index is 9.95. The van der Waals surface area contributed by atoms with Gasteiger partial charge in [-0.1, -0.05) is 17.7 Å². The summed E-state index contributed by atoms with van der Waals surface area (Å²) in [6.07, 6.45) is 0.626. The van der Waals surface area contributed by atoms with Crippen molar-refractivity contribution >= 4 is 22.4 Å². The molecule has 17 heavy (non-hydrogen) atoms. The molecule has 0 aliphatic rings. The molecule has 0 unspecified atom stereocenters. The van der Waals surface area contributed by atoms with Gasteiger partial charge in [-0.05, 0) is 60.9 Å². The van der Waals surface area contributed by atoms with Crippen LogP contribution in [-0.2, 0) is 6.42 Å². The summed E-state index contributed by atoms with van der Waals surface area (Å²) in [5, 5.41) is 12.6. The fourth-order valence-electron chi connectivity index (χ4n) is 1.94. The predicted molar refractivity (Wildman–Crippen MR) is 72.6 cm³/mol. The second-order valence-corrected chi connectivity index (χ2v) is 5.57. The highest BCUT2D eigenvalue weighted by molar-refractivity contribution is 6.31. The average molecular weight is 250 g/mol. The summed E-state index contributed by atoms with van der Waals surface area (Å²) in [6, 6.07) is 9.31. The molecule has 0 radical (unpaired) electrons. The van der Waals surface area contributed by atoms with Crippen molar-refractivity contribution in [3.8, 4) is 5.75 Å². The molecule has 0 amide bonds. The number of hydrogen-bond donors (Lipinski definition) is 2. The van der Waals surface area contributed by atoms with Gasteiger partial charge in [0.25, 0.3) is 0 Å². The summed E-state index contributed by atoms with van der Waals surface area (Å²) in [5.41, 5.74) is 6.48. The SMILES string of the molecule is CC(C)(N)Cc1cc2cc(Cl)ccc2cc1O. The van der Waals surface area contributed by atoms with Crippen LogP contribution in [0, 0.1) is 0 Å². The number of halogens is 1. The highest BCUT2D eigenvalue weighted by atomic mass is 35.5. The normalized spacial score (nSPS) is 12.0. The van der Waals surface area contributed by atoms with E-state index in [0.29, 0.717) is 17.2 Å². The lowest BCUT2D eigenvalue weighted by molar-refractivity contribution is 0.451. The third kappa shape index (κ3) is 2.90. The van der Waals surface area contributed by atoms with Crippen LogP contribution in [0.3, 0.4) is 0 Å². The van der Waals surface area contributed by atoms with Gasteiger partial charge in [0.1, 0.15) is 5.75 Å². The summed E-state index contributed by atoms with van der Waals surface area (Å²) in [4.78, 5) is 0. The van der Waals surface area contributed by atoms with Gasteiger partial charge in [0.15, 0.2) is 0 Å². The molecule has 2 rings (SSSR count). The monoisotopic (exact) mass is 249 g/mol. The first kappa shape index (κ1) is 12.2. The summed E-state index contributed by atoms with van der Waals surface area (Å²) in [6.45, 7) is 3.88. The lowest BCUT2D eigenvalue weighted by atomic mass is 9.94. The zero-order valence-electron chi connectivity index (χ0n) is 10.00. The topological polar surface area (TPSA) is 46.2 Å². The Bertz CT molecular complexity index is 558. The minimum absolute atomic E-state index is 0.290. The standard InChI is InChI=1S/C14H16ClNO/c1-14(2,16)8-11-5-10-6-12(15)4-3-9(10)7-13(11)17/h3-7,17H,8,16H2,1-2H3. The molecule has 0 aliphatic carbocycles. The Morgan fingerprint density at radius 1 is 1.18 bits per heavy atom. The van der Waals surface area contributed by atoms with E-state index in [1.165, 1.54) is 0 Å². The van der Waals surface area contributed by atoms with Crippen molar-refractivity contribution < 1.29 is 5.11 Å². The molecule has 0 saturated carbocycles. The molecule has 2 aromatic rings. The molecule has 3 N–H and O–H groups in total. The Kier molecular flexibility index (Phi) is 3.02. The van der Waals surface area contributed by atoms with Gasteiger partial charge in [0, 0.05) is 10.6 Å². The van der Waals surface area contributed by atoms with E-state index < -0.39 is 0 Å². The number of fused-ring (bicyclic) bond motifs is 1. The van der Waals surface area contributed by atoms with Crippen LogP contribution < -0.4 is 5.73 Å². The molecule has 0 bridgehead atoms. The van der Waals surface area contributed by atoms with Crippen LogP contribution in [0.5, 0.6) is 5.75 Å². The van der Waals surface area contributed by atoms with Gasteiger partial charge in [-0.25, -0.2) is 0 Å². The predicted octanol–water partition coefficient (Wildman–Crippen LogP) is 3.48. The average Bonchev–Trinajstić information content (AvgIpc) is 2.17. The van der Waals surface area contributed by atoms with Crippen molar-refractivity contribution in [1.82, 2.24) is 0 Å². The van der Waals surface area contributed by atoms with Crippen LogP contribution in [0.1, 0.15) is 19.4 Å². The zero-order valence-corrected chi connectivity index (χ0v) is 10.8. The molecule has 0 fully saturated rings. The van der Waals surface area contributed by atoms with Gasteiger partial charge < -0.3 is 10.8 Å². The molecule has 0 saturated heterocycles. The molecule has 2 aromatic carbocycles. The van der Waals surface area contributed by atoms with Crippen LogP contribution >= 0.6 is 11.6 Å². The van der Waals surface area contributed by atoms with Crippen LogP contribution in [0.25, 0.3) is 10.8 Å². The van der Waals surface area contributed by atoms with Crippen LogP contribution in [0.2, 0.25) is 5.02 Å². The number of rotatable bonds is 2. The minimum atomic E-state index is -0.344. The third-order valence-electron chi connectivity index (χ3n) is 2.65. The quantitative estimate of drug-likeness (QED) is 0.856. The number of benzene rings is 2. The summed E-state index contributed by atoms with van der Waals surface area (Å²) >= 11 is 5.96. The number of hydrogen-bond acceptors (Lipinski definition) is 2. The molecule has 90 valence electrons. The van der Waals surface area contributed by atoms with E-state index in [2.05, 4.69) is 0 Å². The van der Waals surface area contributed by atoms with Gasteiger partial charge in [-0.3, -0.25) is 0 Å². The Morgan fingerprint density at radius 3 is 2.53 bits per heavy atom. The maximum absolute atomic E-state index is 9.95. The Hall–Kier alpha value is -1.25. The number of aromatic hydroxyl groups is 1. The van der Waals surface area contributed by atoms with E-state index in [9.17, 15) is 5.11 Å². The fourth-order valence-corrected chi connectivity index (χ4v) is 2.12. The fraction of sp³-hybridized carbons (Fsp3) is 0.286. The first-order valence-electron chi connectivity index (χ1n) is 5.55. The van der Waals surface area contributed by atoms with Crippen molar-refractivity contribution in [2.45, 2.75) is 25.8 Å². The molecular formula is C14H16ClNO. The molecule has 0 aromatic heterocycles. The molecular weight excluding hydrogens is 234 g/mol. The smallest absolute Gasteiger partial charge is 0.119 e. The van der Waals surface area contributed by atoms with E-state index in [-0.39, 0.29) is 5.54 Å². The first-order chi connectivity index (χ1) is 7.85. The molecule has 3 heteroatoms. The highest BCUT2D eigenvalue weighted by Crippen LogP contribution is 2.29. The van der Waals surface area contributed by atoms with Crippen molar-refractivity contribution in [3.63, 3.8) is 0 Å². The highest BCUT2D eigenvalue weighted by Gasteiger charge is 2.15. The largest absolute Gasteiger partial charge is 0.508 e. The van der Waals surface area contributed by atoms with E-state index in [0.717, 1.165) is 16.3 Å². The van der Waals surface area contributed by atoms with Crippen LogP contribution in [0.4, 0.5) is 0 Å². The first-order valence-corrected chi connectivity index (χ1v) is 5.93. The number of phenols is 1. The van der Waals surface area contributed by atoms with Gasteiger partial charge >= 0.3 is 0 Å². The minimum Gasteiger partial charge on any atom is -0.508 e. The molecule has 0 atom stereocenters. The van der Waals surface area contributed by atoms with Crippen molar-refractivity contribution in [2.24, 2.45) is 5.73 Å². The van der Waals surface area contributed by atoms with Crippen molar-refractivity contribution in [3.05, 3.63) is 40.9 Å². The molecule has 0 heterocycles. The van der Waals surface area contributed by atoms with E-state index in [1.54, 1.807) is 6.07 Å². The number of nitrogens with two attached hydrogens (primary N) is 1. The number of phenolic OH excluding ortho intramolecular Hbond substituents is 1. The Balaban J connectivity index is 2.53. The van der Waals surface area contributed by atoms with E-state index >= 15 is 0 Å². The summed E-state index contributed by atoms with van der Waals surface area (Å²) in [5.74, 6) is 0.290. The van der Waals surface area contributed by atoms with E-state index in [1.807, 2.05) is 38.1 Å². The zero-order chi connectivity index (χ0) is 12.6. The second-order valence-electron chi connectivity index (χ2n) is 5.14. The summed E-state index contributed by atoms with van der Waals surface area (Å²) in [7, 11) is 0. The Morgan fingerprint density at radius 2 is 1.88 bits per heavy atom. The van der Waals surface area contributed by atoms with Crippen LogP contribution in [0.15, 0.2) is 30.3 Å². The Labute approximate surface area is 106 Å². The van der Waals surface area contributed by atoms with Gasteiger partial charge in [0.2, 0.25) is 0 Å². The van der Waals surface area contributed by atoms with Gasteiger partial charge in [-0.15, -0.1) is 0 Å². The molecule has 0 spiro atoms. The molecule has 2 nitrogen and oxygen atoms in total. The third-order valence-corrected chi connectivity index (χ3v) is 2.88. The maximum Gasteiger partial charge on any atom is 0.119 e. The lowest BCUT2D eigenvalue weighted by Crippen LogP contribution is -2.34. The van der Waals surface area contributed by atoms with Crippen molar-refractivity contribution in [2.75, 3.05) is 0 Å². The summed E-state index contributed by atoms with van der Waals surface area (Å²) < 4.78 is 0. The molecule has 0 aliphatic heterocycles. The van der Waals surface area contributed by atoms with Gasteiger partial charge in [0.05, 0.1) is 0 Å².